The fourth-order valence-corrected chi connectivity index (χ4v) is 2.97. The van der Waals surface area contributed by atoms with Crippen molar-refractivity contribution in [1.82, 2.24) is 0 Å². The van der Waals surface area contributed by atoms with Gasteiger partial charge in [-0.2, -0.15) is 0 Å². The normalized spacial score (nSPS) is 14.6. The molecule has 2 nitrogen and oxygen atoms in total. The highest BCUT2D eigenvalue weighted by Crippen LogP contribution is 2.27. The van der Waals surface area contributed by atoms with Gasteiger partial charge in [-0.3, -0.25) is 4.99 Å². The quantitative estimate of drug-likeness (QED) is 0.676. The van der Waals surface area contributed by atoms with Crippen LogP contribution in [0.5, 0.6) is 0 Å². The first-order valence-corrected chi connectivity index (χ1v) is 8.36. The van der Waals surface area contributed by atoms with Crippen LogP contribution in [-0.2, 0) is 0 Å². The number of benzene rings is 2. The van der Waals surface area contributed by atoms with Gasteiger partial charge in [0.25, 0.3) is 0 Å². The zero-order valence-electron chi connectivity index (χ0n) is 12.6. The zero-order valence-corrected chi connectivity index (χ0v) is 14.8. The minimum atomic E-state index is 0.545. The van der Waals surface area contributed by atoms with Crippen LogP contribution in [0.1, 0.15) is 11.1 Å². The Morgan fingerprint density at radius 1 is 1.00 bits per heavy atom. The number of fused-ring (bicyclic) bond motifs is 1. The van der Waals surface area contributed by atoms with Crippen molar-refractivity contribution < 1.29 is 0 Å². The van der Waals surface area contributed by atoms with Crippen LogP contribution in [0.25, 0.3) is 6.08 Å². The molecule has 0 aliphatic carbocycles. The maximum atomic E-state index is 6.14. The van der Waals surface area contributed by atoms with E-state index in [0.717, 1.165) is 40.6 Å². The number of benzodiazepines with no additional fused rings is 1. The number of hydrogen-bond acceptors (Lipinski definition) is 2. The van der Waals surface area contributed by atoms with Crippen LogP contribution in [0.2, 0.25) is 15.1 Å². The molecule has 1 aliphatic heterocycles. The number of anilines is 1. The van der Waals surface area contributed by atoms with Gasteiger partial charge >= 0.3 is 0 Å². The van der Waals surface area contributed by atoms with E-state index in [0.29, 0.717) is 10.0 Å². The lowest BCUT2D eigenvalue weighted by molar-refractivity contribution is 0.897. The Kier molecular flexibility index (Phi) is 4.96. The van der Waals surface area contributed by atoms with E-state index in [9.17, 15) is 0 Å². The minimum absolute atomic E-state index is 0.545. The number of halogens is 3. The summed E-state index contributed by atoms with van der Waals surface area (Å²) in [5.74, 6) is 0. The molecule has 0 aromatic heterocycles. The first-order chi connectivity index (χ1) is 11.0. The third-order valence-corrected chi connectivity index (χ3v) is 4.72. The van der Waals surface area contributed by atoms with E-state index in [1.165, 1.54) is 0 Å². The lowest BCUT2D eigenvalue weighted by Gasteiger charge is -2.19. The summed E-state index contributed by atoms with van der Waals surface area (Å²) in [6.07, 6.45) is 4.00. The van der Waals surface area contributed by atoms with Crippen molar-refractivity contribution in [2.45, 2.75) is 0 Å². The summed E-state index contributed by atoms with van der Waals surface area (Å²) in [5, 5.41) is 1.83. The molecule has 0 saturated carbocycles. The summed E-state index contributed by atoms with van der Waals surface area (Å²) in [4.78, 5) is 6.86. The molecule has 5 heteroatoms. The van der Waals surface area contributed by atoms with Crippen LogP contribution in [0.3, 0.4) is 0 Å². The highest BCUT2D eigenvalue weighted by atomic mass is 35.5. The average molecular weight is 366 g/mol. The molecule has 2 aromatic carbocycles. The van der Waals surface area contributed by atoms with Crippen molar-refractivity contribution in [2.24, 2.45) is 4.99 Å². The molecule has 0 radical (unpaired) electrons. The van der Waals surface area contributed by atoms with Crippen molar-refractivity contribution in [3.05, 3.63) is 68.7 Å². The lowest BCUT2D eigenvalue weighted by atomic mass is 10.1. The molecule has 2 aromatic rings. The van der Waals surface area contributed by atoms with E-state index in [4.69, 9.17) is 34.8 Å². The number of aliphatic imine (C=N–C) groups is 1. The third kappa shape index (κ3) is 3.72. The molecule has 0 fully saturated rings. The van der Waals surface area contributed by atoms with E-state index in [1.54, 1.807) is 6.07 Å². The molecule has 0 unspecified atom stereocenters. The van der Waals surface area contributed by atoms with Gasteiger partial charge in [0.15, 0.2) is 0 Å². The molecule has 0 amide bonds. The van der Waals surface area contributed by atoms with Crippen molar-refractivity contribution in [2.75, 3.05) is 25.0 Å². The average Bonchev–Trinajstić information content (AvgIpc) is 2.68. The molecule has 0 N–H and O–H groups in total. The molecule has 23 heavy (non-hydrogen) atoms. The standard InChI is InChI=1S/C18H15Cl3N2/c1-23-9-8-22-17(14-5-4-13(19)11-18(14)23)7-3-12-2-6-15(20)16(21)10-12/h2-7,10-11H,8-9H2,1H3/b7-3+. The Morgan fingerprint density at radius 2 is 1.83 bits per heavy atom. The Morgan fingerprint density at radius 3 is 2.61 bits per heavy atom. The van der Waals surface area contributed by atoms with Crippen LogP contribution in [-0.4, -0.2) is 25.8 Å². The highest BCUT2D eigenvalue weighted by molar-refractivity contribution is 6.42. The van der Waals surface area contributed by atoms with Crippen LogP contribution in [0.15, 0.2) is 47.5 Å². The van der Waals surface area contributed by atoms with E-state index in [-0.39, 0.29) is 0 Å². The Bertz CT molecular complexity index is 797. The number of nitrogens with zero attached hydrogens (tertiary/aromatic N) is 2. The number of rotatable bonds is 2. The van der Waals surface area contributed by atoms with Crippen LogP contribution >= 0.6 is 34.8 Å². The van der Waals surface area contributed by atoms with Gasteiger partial charge in [-0.15, -0.1) is 0 Å². The van der Waals surface area contributed by atoms with Gasteiger partial charge in [-0.05, 0) is 42.0 Å². The zero-order chi connectivity index (χ0) is 16.4. The minimum Gasteiger partial charge on any atom is -0.372 e. The smallest absolute Gasteiger partial charge is 0.0668 e. The summed E-state index contributed by atoms with van der Waals surface area (Å²) in [6.45, 7) is 1.60. The summed E-state index contributed by atoms with van der Waals surface area (Å²) in [6, 6.07) is 11.4. The van der Waals surface area contributed by atoms with Gasteiger partial charge in [0.1, 0.15) is 0 Å². The molecule has 118 valence electrons. The van der Waals surface area contributed by atoms with Gasteiger partial charge in [0.2, 0.25) is 0 Å². The van der Waals surface area contributed by atoms with E-state index in [1.807, 2.05) is 42.5 Å². The van der Waals surface area contributed by atoms with E-state index in [2.05, 4.69) is 16.9 Å². The second-order valence-corrected chi connectivity index (χ2v) is 6.61. The van der Waals surface area contributed by atoms with Gasteiger partial charge in [0.05, 0.1) is 22.3 Å². The lowest BCUT2D eigenvalue weighted by Crippen LogP contribution is -2.20. The Hall–Kier alpha value is -1.48. The van der Waals surface area contributed by atoms with Gasteiger partial charge in [-0.25, -0.2) is 0 Å². The molecule has 0 bridgehead atoms. The molecular weight excluding hydrogens is 351 g/mol. The second kappa shape index (κ2) is 6.96. The van der Waals surface area contributed by atoms with Crippen molar-refractivity contribution in [1.29, 1.82) is 0 Å². The number of likely N-dealkylation sites (N-methyl/N-ethyl adjacent to an activating group) is 1. The highest BCUT2D eigenvalue weighted by Gasteiger charge is 2.14. The Labute approximate surface area is 151 Å². The topological polar surface area (TPSA) is 15.6 Å². The summed E-state index contributed by atoms with van der Waals surface area (Å²) in [7, 11) is 2.05. The maximum Gasteiger partial charge on any atom is 0.0668 e. The van der Waals surface area contributed by atoms with E-state index >= 15 is 0 Å². The number of allylic oxidation sites excluding steroid dienone is 1. The SMILES string of the molecule is CN1CCN=C(/C=C/c2ccc(Cl)c(Cl)c2)c2ccc(Cl)cc21. The molecule has 1 aliphatic rings. The Balaban J connectivity index is 1.96. The molecular formula is C18H15Cl3N2. The summed E-state index contributed by atoms with van der Waals surface area (Å²) >= 11 is 18.1. The first-order valence-electron chi connectivity index (χ1n) is 7.23. The second-order valence-electron chi connectivity index (χ2n) is 5.36. The maximum absolute atomic E-state index is 6.14. The molecule has 3 rings (SSSR count). The monoisotopic (exact) mass is 364 g/mol. The molecule has 0 atom stereocenters. The van der Waals surface area contributed by atoms with E-state index < -0.39 is 0 Å². The predicted octanol–water partition coefficient (Wildman–Crippen LogP) is 5.60. The summed E-state index contributed by atoms with van der Waals surface area (Å²) in [5.41, 5.74) is 4.08. The third-order valence-electron chi connectivity index (χ3n) is 3.74. The molecule has 1 heterocycles. The van der Waals surface area contributed by atoms with Gasteiger partial charge in [0, 0.05) is 29.9 Å². The van der Waals surface area contributed by atoms with Crippen LogP contribution in [0, 0.1) is 0 Å². The largest absolute Gasteiger partial charge is 0.372 e. The summed E-state index contributed by atoms with van der Waals surface area (Å²) < 4.78 is 0. The van der Waals surface area contributed by atoms with Crippen molar-refractivity contribution in [3.8, 4) is 0 Å². The fraction of sp³-hybridized carbons (Fsp3) is 0.167. The molecule has 0 spiro atoms. The van der Waals surface area contributed by atoms with Crippen LogP contribution < -0.4 is 4.90 Å². The van der Waals surface area contributed by atoms with Gasteiger partial charge in [-0.1, -0.05) is 46.9 Å². The van der Waals surface area contributed by atoms with Crippen molar-refractivity contribution in [3.63, 3.8) is 0 Å². The molecule has 0 saturated heterocycles. The first kappa shape index (κ1) is 16.4. The van der Waals surface area contributed by atoms with Crippen molar-refractivity contribution >= 4 is 52.3 Å². The number of hydrogen-bond donors (Lipinski definition) is 0. The van der Waals surface area contributed by atoms with Crippen LogP contribution in [0.4, 0.5) is 5.69 Å². The fourth-order valence-electron chi connectivity index (χ4n) is 2.50. The van der Waals surface area contributed by atoms with Gasteiger partial charge < -0.3 is 4.90 Å². The predicted molar refractivity (Wildman–Crippen MR) is 102 cm³/mol.